The first-order chi connectivity index (χ1) is 10.5. The number of carbonyl (C=O) groups is 2. The number of amidine groups is 1. The minimum absolute atomic E-state index is 0.107. The number of fused-ring (bicyclic) bond motifs is 1. The molecule has 1 aromatic carbocycles. The third kappa shape index (κ3) is 2.36. The van der Waals surface area contributed by atoms with Gasteiger partial charge in [-0.1, -0.05) is 18.2 Å². The number of nitrogens with two attached hydrogens (primary N) is 1. The zero-order chi connectivity index (χ0) is 15.9. The fourth-order valence-electron chi connectivity index (χ4n) is 2.77. The standard InChI is InChI=1S/C16H18N4O2/c1-9-14(21)13-15(20(2)16(9)22)19-12(18-13)7-6-10-4-3-5-11(17)8-10/h3-9,13,15H,17H2,1-2H3,(H,18,19)/b7-6+. The van der Waals surface area contributed by atoms with Gasteiger partial charge in [-0.05, 0) is 30.7 Å². The molecule has 22 heavy (non-hydrogen) atoms. The summed E-state index contributed by atoms with van der Waals surface area (Å²) in [7, 11) is 1.68. The Morgan fingerprint density at radius 1 is 1.32 bits per heavy atom. The zero-order valence-electron chi connectivity index (χ0n) is 12.5. The Morgan fingerprint density at radius 3 is 2.82 bits per heavy atom. The van der Waals surface area contributed by atoms with Crippen molar-refractivity contribution >= 4 is 29.3 Å². The molecule has 3 unspecified atom stereocenters. The molecule has 1 saturated heterocycles. The number of nitrogens with zero attached hydrogens (tertiary/aromatic N) is 2. The normalized spacial score (nSPS) is 27.8. The van der Waals surface area contributed by atoms with Crippen molar-refractivity contribution < 1.29 is 9.59 Å². The molecule has 0 radical (unpaired) electrons. The molecule has 2 aliphatic rings. The molecule has 6 heteroatoms. The van der Waals surface area contributed by atoms with Crippen molar-refractivity contribution in [1.29, 1.82) is 0 Å². The maximum Gasteiger partial charge on any atom is 0.234 e. The number of anilines is 1. The highest BCUT2D eigenvalue weighted by atomic mass is 16.2. The van der Waals surface area contributed by atoms with E-state index in [4.69, 9.17) is 5.73 Å². The van der Waals surface area contributed by atoms with E-state index >= 15 is 0 Å². The average Bonchev–Trinajstić information content (AvgIpc) is 2.93. The summed E-state index contributed by atoms with van der Waals surface area (Å²) in [5, 5.41) is 3.10. The Balaban J connectivity index is 1.80. The minimum atomic E-state index is -0.619. The summed E-state index contributed by atoms with van der Waals surface area (Å²) >= 11 is 0. The number of amides is 1. The number of hydrogen-bond donors (Lipinski definition) is 2. The van der Waals surface area contributed by atoms with Gasteiger partial charge < -0.3 is 16.0 Å². The first-order valence-corrected chi connectivity index (χ1v) is 7.16. The van der Waals surface area contributed by atoms with Gasteiger partial charge in [-0.2, -0.15) is 0 Å². The Hall–Kier alpha value is -2.63. The van der Waals surface area contributed by atoms with Crippen LogP contribution in [0.4, 0.5) is 5.69 Å². The van der Waals surface area contributed by atoms with E-state index in [2.05, 4.69) is 10.3 Å². The van der Waals surface area contributed by atoms with Gasteiger partial charge in [0.05, 0.1) is 5.92 Å². The molecule has 0 aliphatic carbocycles. The van der Waals surface area contributed by atoms with Gasteiger partial charge in [-0.25, -0.2) is 4.99 Å². The Labute approximate surface area is 128 Å². The van der Waals surface area contributed by atoms with E-state index in [1.807, 2.05) is 30.3 Å². The fourth-order valence-corrected chi connectivity index (χ4v) is 2.77. The van der Waals surface area contributed by atoms with Crippen LogP contribution in [0.5, 0.6) is 0 Å². The van der Waals surface area contributed by atoms with Gasteiger partial charge in [-0.15, -0.1) is 0 Å². The number of nitrogens with one attached hydrogen (secondary N) is 1. The van der Waals surface area contributed by atoms with Crippen LogP contribution < -0.4 is 11.1 Å². The lowest BCUT2D eigenvalue weighted by molar-refractivity contribution is -0.147. The molecule has 0 bridgehead atoms. The molecule has 0 aromatic heterocycles. The van der Waals surface area contributed by atoms with Crippen LogP contribution in [0.15, 0.2) is 35.3 Å². The molecule has 3 rings (SSSR count). The Bertz CT molecular complexity index is 695. The number of nitrogen functional groups attached to an aromatic ring is 1. The third-order valence-electron chi connectivity index (χ3n) is 4.07. The summed E-state index contributed by atoms with van der Waals surface area (Å²) in [4.78, 5) is 30.1. The number of ketones is 1. The minimum Gasteiger partial charge on any atom is -0.399 e. The van der Waals surface area contributed by atoms with Gasteiger partial charge in [0.2, 0.25) is 5.91 Å². The van der Waals surface area contributed by atoms with Gasteiger partial charge in [-0.3, -0.25) is 9.59 Å². The summed E-state index contributed by atoms with van der Waals surface area (Å²) in [6.45, 7) is 1.64. The van der Waals surface area contributed by atoms with E-state index in [9.17, 15) is 9.59 Å². The van der Waals surface area contributed by atoms with E-state index < -0.39 is 18.1 Å². The molecule has 1 aromatic rings. The van der Waals surface area contributed by atoms with Crippen molar-refractivity contribution in [3.8, 4) is 0 Å². The van der Waals surface area contributed by atoms with Crippen LogP contribution in [0, 0.1) is 5.92 Å². The SMILES string of the molecule is CC1C(=O)C2NC(/C=C/c3cccc(N)c3)=NC2N(C)C1=O. The number of carbonyl (C=O) groups excluding carboxylic acids is 2. The molecule has 114 valence electrons. The van der Waals surface area contributed by atoms with E-state index in [0.29, 0.717) is 11.5 Å². The van der Waals surface area contributed by atoms with E-state index in [0.717, 1.165) is 5.56 Å². The number of piperidine rings is 1. The quantitative estimate of drug-likeness (QED) is 0.620. The van der Waals surface area contributed by atoms with Crippen LogP contribution in [0.25, 0.3) is 6.08 Å². The van der Waals surface area contributed by atoms with Crippen molar-refractivity contribution in [2.45, 2.75) is 19.1 Å². The molecule has 1 amide bonds. The molecular formula is C16H18N4O2. The average molecular weight is 298 g/mol. The number of aliphatic imine (C=N–C) groups is 1. The predicted octanol–water partition coefficient (Wildman–Crippen LogP) is 0.656. The smallest absolute Gasteiger partial charge is 0.234 e. The van der Waals surface area contributed by atoms with Gasteiger partial charge in [0.1, 0.15) is 11.9 Å². The first kappa shape index (κ1) is 14.3. The van der Waals surface area contributed by atoms with Crippen LogP contribution in [0.1, 0.15) is 12.5 Å². The van der Waals surface area contributed by atoms with Gasteiger partial charge in [0, 0.05) is 12.7 Å². The molecular weight excluding hydrogens is 280 g/mol. The Kier molecular flexibility index (Phi) is 3.44. The molecule has 1 fully saturated rings. The predicted molar refractivity (Wildman–Crippen MR) is 85.0 cm³/mol. The summed E-state index contributed by atoms with van der Waals surface area (Å²) in [6, 6.07) is 7.01. The molecule has 6 nitrogen and oxygen atoms in total. The number of Topliss-reactive ketones (excluding diaryl/α,β-unsaturated/α-hetero) is 1. The second-order valence-corrected chi connectivity index (χ2v) is 5.63. The van der Waals surface area contributed by atoms with Crippen LogP contribution in [0.2, 0.25) is 0 Å². The van der Waals surface area contributed by atoms with Crippen molar-refractivity contribution in [2.24, 2.45) is 10.9 Å². The zero-order valence-corrected chi connectivity index (χ0v) is 12.5. The van der Waals surface area contributed by atoms with Crippen molar-refractivity contribution in [3.05, 3.63) is 35.9 Å². The molecule has 0 saturated carbocycles. The van der Waals surface area contributed by atoms with Crippen LogP contribution >= 0.6 is 0 Å². The Morgan fingerprint density at radius 2 is 2.09 bits per heavy atom. The van der Waals surface area contributed by atoms with Crippen LogP contribution in [-0.2, 0) is 9.59 Å². The summed E-state index contributed by atoms with van der Waals surface area (Å²) < 4.78 is 0. The highest BCUT2D eigenvalue weighted by Gasteiger charge is 2.47. The van der Waals surface area contributed by atoms with Crippen LogP contribution in [0.3, 0.4) is 0 Å². The number of benzene rings is 1. The monoisotopic (exact) mass is 298 g/mol. The third-order valence-corrected chi connectivity index (χ3v) is 4.07. The summed E-state index contributed by atoms with van der Waals surface area (Å²) in [5.74, 6) is -0.312. The van der Waals surface area contributed by atoms with Gasteiger partial charge in [0.25, 0.3) is 0 Å². The molecule has 3 atom stereocenters. The highest BCUT2D eigenvalue weighted by molar-refractivity contribution is 6.10. The summed E-state index contributed by atoms with van der Waals surface area (Å²) in [5.41, 5.74) is 7.37. The van der Waals surface area contributed by atoms with E-state index in [-0.39, 0.29) is 11.7 Å². The maximum atomic E-state index is 12.2. The number of likely N-dealkylation sites (N-methyl/N-ethyl adjacent to an activating group) is 1. The van der Waals surface area contributed by atoms with Gasteiger partial charge >= 0.3 is 0 Å². The number of rotatable bonds is 2. The van der Waals surface area contributed by atoms with Crippen molar-refractivity contribution in [2.75, 3.05) is 12.8 Å². The topological polar surface area (TPSA) is 87.8 Å². The largest absolute Gasteiger partial charge is 0.399 e. The second-order valence-electron chi connectivity index (χ2n) is 5.63. The molecule has 0 spiro atoms. The lowest BCUT2D eigenvalue weighted by atomic mass is 9.92. The second kappa shape index (κ2) is 5.29. The highest BCUT2D eigenvalue weighted by Crippen LogP contribution is 2.24. The summed E-state index contributed by atoms with van der Waals surface area (Å²) in [6.07, 6.45) is 3.20. The van der Waals surface area contributed by atoms with Gasteiger partial charge in [0.15, 0.2) is 11.9 Å². The fraction of sp³-hybridized carbons (Fsp3) is 0.312. The molecule has 2 heterocycles. The number of hydrogen-bond acceptors (Lipinski definition) is 5. The lowest BCUT2D eigenvalue weighted by Gasteiger charge is -2.34. The van der Waals surface area contributed by atoms with Crippen molar-refractivity contribution in [1.82, 2.24) is 10.2 Å². The van der Waals surface area contributed by atoms with E-state index in [1.54, 1.807) is 20.0 Å². The molecule has 2 aliphatic heterocycles. The molecule has 3 N–H and O–H groups in total. The van der Waals surface area contributed by atoms with Crippen molar-refractivity contribution in [3.63, 3.8) is 0 Å². The van der Waals surface area contributed by atoms with E-state index in [1.165, 1.54) is 4.90 Å². The number of likely N-dealkylation sites (tertiary alicyclic amines) is 1. The van der Waals surface area contributed by atoms with Crippen LogP contribution in [-0.4, -0.2) is 41.7 Å². The maximum absolute atomic E-state index is 12.2. The lowest BCUT2D eigenvalue weighted by Crippen LogP contribution is -2.59. The first-order valence-electron chi connectivity index (χ1n) is 7.16.